The van der Waals surface area contributed by atoms with E-state index < -0.39 is 5.97 Å². The monoisotopic (exact) mass is 543 g/mol. The molecule has 0 bridgehead atoms. The molecule has 0 aliphatic carbocycles. The first-order chi connectivity index (χ1) is 18.9. The molecule has 0 N–H and O–H groups in total. The zero-order valence-corrected chi connectivity index (χ0v) is 24.2. The molecule has 204 valence electrons. The minimum Gasteiger partial charge on any atom is -0.485 e. The van der Waals surface area contributed by atoms with Gasteiger partial charge in [-0.05, 0) is 61.9 Å². The Morgan fingerprint density at radius 3 is 2.36 bits per heavy atom. The molecule has 0 radical (unpaired) electrons. The van der Waals surface area contributed by atoms with Crippen LogP contribution >= 0.6 is 11.3 Å². The van der Waals surface area contributed by atoms with Crippen LogP contribution in [0, 0.1) is 0 Å². The van der Waals surface area contributed by atoms with Gasteiger partial charge in [0.15, 0.2) is 0 Å². The molecular weight excluding hydrogens is 506 g/mol. The molecule has 0 aliphatic heterocycles. The van der Waals surface area contributed by atoms with Crippen molar-refractivity contribution in [1.82, 2.24) is 9.97 Å². The molecule has 39 heavy (non-hydrogen) atoms. The number of hydrogen-bond donors (Lipinski definition) is 0. The average molecular weight is 544 g/mol. The van der Waals surface area contributed by atoms with E-state index >= 15 is 0 Å². The van der Waals surface area contributed by atoms with Crippen molar-refractivity contribution in [2.45, 2.75) is 65.6 Å². The van der Waals surface area contributed by atoms with Crippen LogP contribution in [0.5, 0.6) is 5.75 Å². The molecule has 7 heteroatoms. The lowest BCUT2D eigenvalue weighted by Gasteiger charge is -2.30. The van der Waals surface area contributed by atoms with Crippen LogP contribution in [0.25, 0.3) is 11.3 Å². The fourth-order valence-electron chi connectivity index (χ4n) is 4.63. The van der Waals surface area contributed by atoms with Gasteiger partial charge >= 0.3 is 5.97 Å². The molecule has 4 aromatic rings. The molecule has 0 amide bonds. The number of anilines is 1. The van der Waals surface area contributed by atoms with Gasteiger partial charge in [-0.2, -0.15) is 0 Å². The zero-order chi connectivity index (χ0) is 27.8. The quantitative estimate of drug-likeness (QED) is 0.169. The van der Waals surface area contributed by atoms with Gasteiger partial charge in [0.25, 0.3) is 0 Å². The molecule has 2 aromatic carbocycles. The highest BCUT2D eigenvalue weighted by molar-refractivity contribution is 7.09. The minimum absolute atomic E-state index is 0.300. The maximum Gasteiger partial charge on any atom is 0.339 e. The lowest BCUT2D eigenvalue weighted by Crippen LogP contribution is -2.30. The lowest BCUT2D eigenvalue weighted by atomic mass is 9.94. The van der Waals surface area contributed by atoms with E-state index in [0.29, 0.717) is 29.9 Å². The number of esters is 1. The second kappa shape index (κ2) is 13.4. The number of thiazole rings is 1. The number of aromatic nitrogens is 2. The van der Waals surface area contributed by atoms with E-state index in [1.165, 1.54) is 43.0 Å². The second-order valence-corrected chi connectivity index (χ2v) is 10.8. The fourth-order valence-corrected chi connectivity index (χ4v) is 5.34. The lowest BCUT2D eigenvalue weighted by molar-refractivity contribution is 0.0599. The minimum atomic E-state index is -0.445. The number of carbonyl (C=O) groups excluding carboxylic acids is 1. The van der Waals surface area contributed by atoms with Crippen molar-refractivity contribution >= 4 is 23.0 Å². The summed E-state index contributed by atoms with van der Waals surface area (Å²) in [5.41, 5.74) is 6.28. The molecule has 0 atom stereocenters. The third-order valence-electron chi connectivity index (χ3n) is 6.96. The third-order valence-corrected chi connectivity index (χ3v) is 7.78. The van der Waals surface area contributed by atoms with Crippen LogP contribution in [0.15, 0.2) is 72.4 Å². The third kappa shape index (κ3) is 7.24. The number of rotatable bonds is 12. The first kappa shape index (κ1) is 28.3. The van der Waals surface area contributed by atoms with Crippen molar-refractivity contribution in [1.29, 1.82) is 0 Å². The fraction of sp³-hybridized carbons (Fsp3) is 0.344. The Morgan fingerprint density at radius 1 is 1.00 bits per heavy atom. The smallest absolute Gasteiger partial charge is 0.339 e. The molecule has 0 saturated carbocycles. The van der Waals surface area contributed by atoms with Gasteiger partial charge in [0.05, 0.1) is 24.6 Å². The molecule has 2 aromatic heterocycles. The summed E-state index contributed by atoms with van der Waals surface area (Å²) < 4.78 is 10.6. The van der Waals surface area contributed by atoms with Crippen LogP contribution in [0.4, 0.5) is 5.69 Å². The van der Waals surface area contributed by atoms with Gasteiger partial charge in [0.1, 0.15) is 17.4 Å². The van der Waals surface area contributed by atoms with Crippen molar-refractivity contribution < 1.29 is 14.3 Å². The Balaban J connectivity index is 1.39. The Hall–Kier alpha value is -3.71. The highest BCUT2D eigenvalue weighted by Crippen LogP contribution is 2.28. The predicted octanol–water partition coefficient (Wildman–Crippen LogP) is 7.89. The predicted molar refractivity (Wildman–Crippen MR) is 159 cm³/mol. The van der Waals surface area contributed by atoms with Crippen LogP contribution in [0.2, 0.25) is 0 Å². The summed E-state index contributed by atoms with van der Waals surface area (Å²) in [6.45, 7) is 10.1. The van der Waals surface area contributed by atoms with E-state index in [9.17, 15) is 4.79 Å². The van der Waals surface area contributed by atoms with Gasteiger partial charge in [-0.25, -0.2) is 9.78 Å². The van der Waals surface area contributed by atoms with E-state index in [-0.39, 0.29) is 0 Å². The Kier molecular flexibility index (Phi) is 9.71. The number of nitrogens with zero attached hydrogens (tertiary/aromatic N) is 3. The van der Waals surface area contributed by atoms with Gasteiger partial charge in [-0.3, -0.25) is 4.98 Å². The first-order valence-corrected chi connectivity index (χ1v) is 14.4. The molecule has 0 unspecified atom stereocenters. The van der Waals surface area contributed by atoms with Crippen LogP contribution in [0.3, 0.4) is 0 Å². The first-order valence-electron chi connectivity index (χ1n) is 13.5. The van der Waals surface area contributed by atoms with Crippen LogP contribution in [-0.2, 0) is 17.9 Å². The molecule has 0 aliphatic rings. The van der Waals surface area contributed by atoms with E-state index in [1.54, 1.807) is 23.6 Å². The van der Waals surface area contributed by atoms with Crippen molar-refractivity contribution in [3.05, 3.63) is 94.1 Å². The summed E-state index contributed by atoms with van der Waals surface area (Å²) in [5, 5.41) is 2.89. The summed E-state index contributed by atoms with van der Waals surface area (Å²) >= 11 is 1.54. The molecule has 4 rings (SSSR count). The Bertz CT molecular complexity index is 1350. The normalized spacial score (nSPS) is 11.2. The second-order valence-electron chi connectivity index (χ2n) is 9.84. The SMILES string of the molecule is CCC(CC)c1ccc(N(Cc2ccc(-c3csc(COc4cncc(C(=O)OC)c4)n3)cc2)C(C)C)cc1. The largest absolute Gasteiger partial charge is 0.485 e. The standard InChI is InChI=1S/C32H37N3O3S/c1-6-24(7-2)25-12-14-28(15-13-25)35(22(3)4)19-23-8-10-26(11-9-23)30-21-39-31(34-30)20-38-29-16-27(17-33-18-29)32(36)37-5/h8-18,21-22,24H,6-7,19-20H2,1-5H3. The maximum atomic E-state index is 11.7. The van der Waals surface area contributed by atoms with Gasteiger partial charge < -0.3 is 14.4 Å². The van der Waals surface area contributed by atoms with Gasteiger partial charge in [-0.15, -0.1) is 11.3 Å². The van der Waals surface area contributed by atoms with Gasteiger partial charge in [0, 0.05) is 35.4 Å². The summed E-state index contributed by atoms with van der Waals surface area (Å²) in [7, 11) is 1.34. The Morgan fingerprint density at radius 2 is 1.72 bits per heavy atom. The summed E-state index contributed by atoms with van der Waals surface area (Å²) in [5.74, 6) is 0.685. The molecule has 2 heterocycles. The van der Waals surface area contributed by atoms with E-state index in [2.05, 4.69) is 86.1 Å². The van der Waals surface area contributed by atoms with Crippen molar-refractivity contribution in [2.24, 2.45) is 0 Å². The topological polar surface area (TPSA) is 64.5 Å². The maximum absolute atomic E-state index is 11.7. The highest BCUT2D eigenvalue weighted by atomic mass is 32.1. The van der Waals surface area contributed by atoms with E-state index in [4.69, 9.17) is 14.5 Å². The molecular formula is C32H37N3O3S. The summed E-state index contributed by atoms with van der Waals surface area (Å²) in [6.07, 6.45) is 5.37. The van der Waals surface area contributed by atoms with Gasteiger partial charge in [0.2, 0.25) is 0 Å². The summed E-state index contributed by atoms with van der Waals surface area (Å²) in [4.78, 5) is 22.9. The van der Waals surface area contributed by atoms with E-state index in [0.717, 1.165) is 22.8 Å². The van der Waals surface area contributed by atoms with Crippen LogP contribution in [0.1, 0.15) is 72.9 Å². The highest BCUT2D eigenvalue weighted by Gasteiger charge is 2.14. The number of benzene rings is 2. The van der Waals surface area contributed by atoms with Crippen LogP contribution in [-0.4, -0.2) is 29.1 Å². The Labute approximate surface area is 235 Å². The number of methoxy groups -OCH3 is 1. The molecule has 0 fully saturated rings. The van der Waals surface area contributed by atoms with Crippen molar-refractivity contribution in [3.8, 4) is 17.0 Å². The molecule has 0 saturated heterocycles. The number of ether oxygens (including phenoxy) is 2. The molecule has 0 spiro atoms. The van der Waals surface area contributed by atoms with Crippen molar-refractivity contribution in [3.63, 3.8) is 0 Å². The van der Waals surface area contributed by atoms with E-state index in [1.807, 2.05) is 5.38 Å². The number of pyridine rings is 1. The average Bonchev–Trinajstić information content (AvgIpc) is 3.45. The van der Waals surface area contributed by atoms with Gasteiger partial charge in [-0.1, -0.05) is 50.2 Å². The number of hydrogen-bond acceptors (Lipinski definition) is 7. The summed E-state index contributed by atoms with van der Waals surface area (Å²) in [6, 6.07) is 19.8. The molecule has 6 nitrogen and oxygen atoms in total. The van der Waals surface area contributed by atoms with Crippen molar-refractivity contribution in [2.75, 3.05) is 12.0 Å². The zero-order valence-electron chi connectivity index (χ0n) is 23.4. The number of carbonyl (C=O) groups is 1. The van der Waals surface area contributed by atoms with Crippen LogP contribution < -0.4 is 9.64 Å².